The van der Waals surface area contributed by atoms with Crippen LogP contribution >= 0.6 is 0 Å². The summed E-state index contributed by atoms with van der Waals surface area (Å²) in [6, 6.07) is 0. The van der Waals surface area contributed by atoms with Crippen molar-refractivity contribution in [3.05, 3.63) is 122 Å². The second-order valence-corrected chi connectivity index (χ2v) is 13.9. The molecular formula is C51H82O7. The fourth-order valence-electron chi connectivity index (χ4n) is 4.80. The summed E-state index contributed by atoms with van der Waals surface area (Å²) in [6.45, 7) is 5.82. The predicted octanol–water partition coefficient (Wildman–Crippen LogP) is 12.6. The SMILES string of the molecule is CC/C=C\C/C=C\C/C=C\C/C=C\C/C=C\CCCCCC(=O)OCC(O)CO.CCCCC/C=C\C/C=C\C/C=C\C/C=C\C/C=C\CCC(=O)OCC(O)CC. The first-order valence-electron chi connectivity index (χ1n) is 22.2. The third-order valence-electron chi connectivity index (χ3n) is 8.38. The van der Waals surface area contributed by atoms with Gasteiger partial charge in [0, 0.05) is 12.8 Å². The summed E-state index contributed by atoms with van der Waals surface area (Å²) in [6.07, 6.45) is 62.0. The summed E-state index contributed by atoms with van der Waals surface area (Å²) in [4.78, 5) is 22.8. The Hall–Kier alpha value is -3.78. The second-order valence-electron chi connectivity index (χ2n) is 13.9. The molecule has 0 saturated carbocycles. The molecule has 0 aliphatic rings. The zero-order chi connectivity index (χ0) is 42.8. The Morgan fingerprint density at radius 2 is 0.793 bits per heavy atom. The van der Waals surface area contributed by atoms with E-state index in [-0.39, 0.29) is 31.8 Å². The van der Waals surface area contributed by atoms with Gasteiger partial charge in [-0.05, 0) is 103 Å². The van der Waals surface area contributed by atoms with Crippen molar-refractivity contribution in [3.63, 3.8) is 0 Å². The summed E-state index contributed by atoms with van der Waals surface area (Å²) in [5.41, 5.74) is 0. The summed E-state index contributed by atoms with van der Waals surface area (Å²) in [5.74, 6) is -0.563. The minimum Gasteiger partial charge on any atom is -0.463 e. The van der Waals surface area contributed by atoms with Crippen LogP contribution in [0.15, 0.2) is 122 Å². The second kappa shape index (κ2) is 49.4. The largest absolute Gasteiger partial charge is 0.463 e. The van der Waals surface area contributed by atoms with Gasteiger partial charge in [-0.3, -0.25) is 9.59 Å². The molecule has 0 fully saturated rings. The quantitative estimate of drug-likeness (QED) is 0.0328. The fourth-order valence-corrected chi connectivity index (χ4v) is 4.80. The number of rotatable bonds is 36. The van der Waals surface area contributed by atoms with Gasteiger partial charge in [0.1, 0.15) is 19.3 Å². The van der Waals surface area contributed by atoms with E-state index in [2.05, 4.69) is 129 Å². The van der Waals surface area contributed by atoms with Gasteiger partial charge in [-0.15, -0.1) is 0 Å². The lowest BCUT2D eigenvalue weighted by atomic mass is 10.1. The Morgan fingerprint density at radius 3 is 1.19 bits per heavy atom. The topological polar surface area (TPSA) is 113 Å². The first kappa shape index (κ1) is 56.3. The van der Waals surface area contributed by atoms with E-state index in [4.69, 9.17) is 19.7 Å². The molecule has 58 heavy (non-hydrogen) atoms. The Balaban J connectivity index is 0. The maximum absolute atomic E-state index is 11.4. The van der Waals surface area contributed by atoms with Gasteiger partial charge < -0.3 is 24.8 Å². The van der Waals surface area contributed by atoms with E-state index in [1.54, 1.807) is 0 Å². The van der Waals surface area contributed by atoms with Crippen molar-refractivity contribution >= 4 is 11.9 Å². The van der Waals surface area contributed by atoms with E-state index in [0.29, 0.717) is 25.7 Å². The molecular weight excluding hydrogens is 725 g/mol. The number of aliphatic hydroxyl groups is 3. The molecule has 7 heteroatoms. The Bertz CT molecular complexity index is 1220. The number of hydrogen-bond acceptors (Lipinski definition) is 7. The molecule has 3 N–H and O–H groups in total. The molecule has 328 valence electrons. The van der Waals surface area contributed by atoms with E-state index in [0.717, 1.165) is 83.5 Å². The summed E-state index contributed by atoms with van der Waals surface area (Å²) in [7, 11) is 0. The maximum Gasteiger partial charge on any atom is 0.306 e. The zero-order valence-electron chi connectivity index (χ0n) is 36.6. The van der Waals surface area contributed by atoms with Crippen LogP contribution in [-0.4, -0.2) is 59.3 Å². The van der Waals surface area contributed by atoms with Gasteiger partial charge in [0.15, 0.2) is 0 Å². The third kappa shape index (κ3) is 50.2. The molecule has 0 rings (SSSR count). The van der Waals surface area contributed by atoms with Crippen molar-refractivity contribution < 1.29 is 34.4 Å². The van der Waals surface area contributed by atoms with Crippen molar-refractivity contribution in [2.75, 3.05) is 19.8 Å². The Labute approximate surface area is 354 Å². The molecule has 0 aliphatic heterocycles. The first-order valence-corrected chi connectivity index (χ1v) is 22.2. The number of ether oxygens (including phenoxy) is 2. The Kier molecular flexibility index (Phi) is 47.9. The number of carbonyl (C=O) groups excluding carboxylic acids is 2. The van der Waals surface area contributed by atoms with Crippen molar-refractivity contribution in [1.29, 1.82) is 0 Å². The van der Waals surface area contributed by atoms with E-state index < -0.39 is 12.2 Å². The van der Waals surface area contributed by atoms with Crippen LogP contribution in [0, 0.1) is 0 Å². The summed E-state index contributed by atoms with van der Waals surface area (Å²) < 4.78 is 9.83. The van der Waals surface area contributed by atoms with Crippen LogP contribution in [0.3, 0.4) is 0 Å². The predicted molar refractivity (Wildman–Crippen MR) is 246 cm³/mol. The molecule has 0 aromatic carbocycles. The molecule has 0 aromatic rings. The number of esters is 2. The lowest BCUT2D eigenvalue weighted by molar-refractivity contribution is -0.147. The molecule has 2 atom stereocenters. The Morgan fingerprint density at radius 1 is 0.431 bits per heavy atom. The van der Waals surface area contributed by atoms with Gasteiger partial charge in [-0.25, -0.2) is 0 Å². The van der Waals surface area contributed by atoms with Gasteiger partial charge in [-0.2, -0.15) is 0 Å². The normalized spacial score (nSPS) is 13.6. The van der Waals surface area contributed by atoms with Gasteiger partial charge in [0.2, 0.25) is 0 Å². The molecule has 0 amide bonds. The molecule has 0 aliphatic carbocycles. The van der Waals surface area contributed by atoms with E-state index in [9.17, 15) is 14.7 Å². The summed E-state index contributed by atoms with van der Waals surface area (Å²) >= 11 is 0. The highest BCUT2D eigenvalue weighted by Crippen LogP contribution is 2.06. The summed E-state index contributed by atoms with van der Waals surface area (Å²) in [5, 5.41) is 27.1. The molecule has 0 saturated heterocycles. The van der Waals surface area contributed by atoms with Crippen LogP contribution in [-0.2, 0) is 19.1 Å². The number of allylic oxidation sites excluding steroid dienone is 20. The van der Waals surface area contributed by atoms with E-state index in [1.807, 2.05) is 13.0 Å². The van der Waals surface area contributed by atoms with Crippen LogP contribution in [0.25, 0.3) is 0 Å². The monoisotopic (exact) mass is 807 g/mol. The smallest absolute Gasteiger partial charge is 0.306 e. The average molecular weight is 807 g/mol. The molecule has 2 unspecified atom stereocenters. The number of hydrogen-bond donors (Lipinski definition) is 3. The van der Waals surface area contributed by atoms with Gasteiger partial charge in [0.05, 0.1) is 12.7 Å². The van der Waals surface area contributed by atoms with Gasteiger partial charge in [-0.1, -0.05) is 162 Å². The van der Waals surface area contributed by atoms with Crippen molar-refractivity contribution in [1.82, 2.24) is 0 Å². The van der Waals surface area contributed by atoms with Crippen molar-refractivity contribution in [2.24, 2.45) is 0 Å². The molecule has 0 bridgehead atoms. The molecule has 0 heterocycles. The zero-order valence-corrected chi connectivity index (χ0v) is 36.6. The number of carbonyl (C=O) groups is 2. The number of unbranched alkanes of at least 4 members (excludes halogenated alkanes) is 6. The van der Waals surface area contributed by atoms with E-state index >= 15 is 0 Å². The van der Waals surface area contributed by atoms with Crippen molar-refractivity contribution in [3.8, 4) is 0 Å². The van der Waals surface area contributed by atoms with Gasteiger partial charge >= 0.3 is 11.9 Å². The fraction of sp³-hybridized carbons (Fsp3) is 0.569. The van der Waals surface area contributed by atoms with Gasteiger partial charge in [0.25, 0.3) is 0 Å². The van der Waals surface area contributed by atoms with Crippen LogP contribution in [0.2, 0.25) is 0 Å². The highest BCUT2D eigenvalue weighted by Gasteiger charge is 2.07. The molecule has 0 radical (unpaired) electrons. The molecule has 0 spiro atoms. The standard InChI is InChI=1S/C26H42O3.C25H40O4/c1-3-5-6-7-8-9-10-11-12-13-14-15-16-17-18-19-20-21-22-23-26(28)29-24-25(27)4-2;1-2-3-4-5-6-7-8-9-10-11-12-13-14-15-16-17-18-19-20-21-25(28)29-23-24(27)22-26/h8-9,11-12,14-15,17-18,20-21,25,27H,3-7,10,13,16,19,22-24H2,1-2H3;3-4,6-7,9-10,12-13,15-16,24,26-27H,2,5,8,11,14,17-23H2,1H3/b9-8-,12-11-,15-14-,18-17-,21-20-;4-3-,7-6-,10-9-,13-12-,16-15-. The number of aliphatic hydroxyl groups excluding tert-OH is 3. The van der Waals surface area contributed by atoms with Crippen LogP contribution < -0.4 is 0 Å². The first-order chi connectivity index (χ1) is 28.4. The third-order valence-corrected chi connectivity index (χ3v) is 8.38. The van der Waals surface area contributed by atoms with Crippen LogP contribution in [0.1, 0.15) is 156 Å². The molecule has 7 nitrogen and oxygen atoms in total. The minimum atomic E-state index is -0.978. The highest BCUT2D eigenvalue weighted by atomic mass is 16.5. The lowest BCUT2D eigenvalue weighted by Gasteiger charge is -2.08. The minimum absolute atomic E-state index is 0.0985. The maximum atomic E-state index is 11.4. The lowest BCUT2D eigenvalue weighted by Crippen LogP contribution is -2.21. The van der Waals surface area contributed by atoms with Crippen LogP contribution in [0.4, 0.5) is 0 Å². The van der Waals surface area contributed by atoms with Crippen molar-refractivity contribution in [2.45, 2.75) is 168 Å². The average Bonchev–Trinajstić information content (AvgIpc) is 3.23. The highest BCUT2D eigenvalue weighted by molar-refractivity contribution is 5.69. The molecule has 0 aromatic heterocycles. The van der Waals surface area contributed by atoms with E-state index in [1.165, 1.54) is 25.7 Å². The van der Waals surface area contributed by atoms with Crippen LogP contribution in [0.5, 0.6) is 0 Å².